The topological polar surface area (TPSA) is 108 Å². The van der Waals surface area contributed by atoms with Crippen LogP contribution in [0.15, 0.2) is 97.3 Å². The van der Waals surface area contributed by atoms with E-state index >= 15 is 0 Å². The van der Waals surface area contributed by atoms with Crippen LogP contribution in [0.1, 0.15) is 33.7 Å². The van der Waals surface area contributed by atoms with Crippen LogP contribution in [-0.2, 0) is 0 Å². The molecule has 0 radical (unpaired) electrons. The summed E-state index contributed by atoms with van der Waals surface area (Å²) in [6, 6.07) is 26.6. The molecule has 0 aliphatic carbocycles. The van der Waals surface area contributed by atoms with E-state index < -0.39 is 0 Å². The maximum absolute atomic E-state index is 13.3. The Morgan fingerprint density at radius 3 is 2.51 bits per heavy atom. The first-order valence-electron chi connectivity index (χ1n) is 13.7. The predicted octanol–water partition coefficient (Wildman–Crippen LogP) is 4.97. The second-order valence-electron chi connectivity index (χ2n) is 10.2. The third-order valence-corrected chi connectivity index (χ3v) is 7.50. The number of pyridine rings is 2. The van der Waals surface area contributed by atoms with Crippen LogP contribution in [0.3, 0.4) is 0 Å². The Labute approximate surface area is 235 Å². The van der Waals surface area contributed by atoms with E-state index in [1.54, 1.807) is 6.07 Å². The highest BCUT2D eigenvalue weighted by atomic mass is 16.2. The van der Waals surface area contributed by atoms with Gasteiger partial charge in [0.1, 0.15) is 17.0 Å². The summed E-state index contributed by atoms with van der Waals surface area (Å²) in [7, 11) is 0. The number of imidazole rings is 2. The molecule has 2 N–H and O–H groups in total. The van der Waals surface area contributed by atoms with Crippen molar-refractivity contribution in [2.24, 2.45) is 0 Å². The van der Waals surface area contributed by atoms with Gasteiger partial charge in [-0.05, 0) is 61.4 Å². The van der Waals surface area contributed by atoms with Crippen molar-refractivity contribution in [1.29, 1.82) is 0 Å². The van der Waals surface area contributed by atoms with E-state index in [2.05, 4.69) is 25.3 Å². The first kappa shape index (κ1) is 24.7. The summed E-state index contributed by atoms with van der Waals surface area (Å²) in [4.78, 5) is 45.3. The van der Waals surface area contributed by atoms with Gasteiger partial charge in [-0.25, -0.2) is 15.0 Å². The fraction of sp³-hybridized carbons (Fsp3) is 0.156. The summed E-state index contributed by atoms with van der Waals surface area (Å²) in [5.41, 5.74) is 5.94. The van der Waals surface area contributed by atoms with Crippen LogP contribution in [0, 0.1) is 0 Å². The van der Waals surface area contributed by atoms with Gasteiger partial charge in [-0.3, -0.25) is 9.59 Å². The number of nitrogens with zero attached hydrogens (tertiary/aromatic N) is 5. The van der Waals surface area contributed by atoms with Crippen LogP contribution in [-0.4, -0.2) is 60.2 Å². The van der Waals surface area contributed by atoms with E-state index in [-0.39, 0.29) is 17.9 Å². The fourth-order valence-electron chi connectivity index (χ4n) is 5.32. The van der Waals surface area contributed by atoms with E-state index in [4.69, 9.17) is 0 Å². The number of hydrogen-bond acceptors (Lipinski definition) is 5. The first-order chi connectivity index (χ1) is 20.1. The molecule has 0 spiro atoms. The molecule has 4 aromatic heterocycles. The van der Waals surface area contributed by atoms with Gasteiger partial charge in [-0.15, -0.1) is 0 Å². The number of likely N-dealkylation sites (tertiary alicyclic amines) is 1. The molecule has 41 heavy (non-hydrogen) atoms. The molecular formula is C32H27N7O2. The molecule has 0 unspecified atom stereocenters. The number of amides is 2. The molecule has 2 amide bonds. The Kier molecular flexibility index (Phi) is 6.24. The predicted molar refractivity (Wildman–Crippen MR) is 156 cm³/mol. The molecule has 202 valence electrons. The summed E-state index contributed by atoms with van der Waals surface area (Å²) >= 11 is 0. The molecule has 6 aromatic rings. The highest BCUT2D eigenvalue weighted by Gasteiger charge is 2.25. The van der Waals surface area contributed by atoms with Gasteiger partial charge in [-0.1, -0.05) is 36.4 Å². The van der Waals surface area contributed by atoms with Crippen molar-refractivity contribution in [3.63, 3.8) is 0 Å². The van der Waals surface area contributed by atoms with Crippen molar-refractivity contribution >= 4 is 28.5 Å². The number of piperidine rings is 1. The van der Waals surface area contributed by atoms with Gasteiger partial charge in [-0.2, -0.15) is 0 Å². The lowest BCUT2D eigenvalue weighted by molar-refractivity contribution is 0.0697. The number of aromatic nitrogens is 5. The minimum Gasteiger partial charge on any atom is -0.348 e. The Balaban J connectivity index is 0.987. The molecule has 0 saturated carbocycles. The Hall–Kier alpha value is -5.31. The summed E-state index contributed by atoms with van der Waals surface area (Å²) < 4.78 is 1.97. The Bertz CT molecular complexity index is 1830. The zero-order chi connectivity index (χ0) is 27.8. The highest BCUT2D eigenvalue weighted by molar-refractivity contribution is 5.96. The van der Waals surface area contributed by atoms with Crippen molar-refractivity contribution in [2.75, 3.05) is 13.1 Å². The van der Waals surface area contributed by atoms with E-state index in [0.717, 1.165) is 27.9 Å². The number of nitrogens with one attached hydrogen (secondary N) is 2. The minimum atomic E-state index is -0.229. The highest BCUT2D eigenvalue weighted by Crippen LogP contribution is 2.23. The minimum absolute atomic E-state index is 0.0133. The summed E-state index contributed by atoms with van der Waals surface area (Å²) in [5, 5.41) is 3.10. The van der Waals surface area contributed by atoms with Crippen LogP contribution in [0.2, 0.25) is 0 Å². The smallest absolute Gasteiger partial charge is 0.270 e. The molecule has 9 nitrogen and oxygen atoms in total. The SMILES string of the molecule is O=C(NC1CCN(C(=O)c2cccc(-c3cn4ccccc4n3)c2)CC1)c1cccc(-c2nc3ccccc3[nH]2)n1. The van der Waals surface area contributed by atoms with Crippen LogP contribution in [0.25, 0.3) is 39.5 Å². The van der Waals surface area contributed by atoms with Gasteiger partial charge >= 0.3 is 0 Å². The monoisotopic (exact) mass is 541 g/mol. The summed E-state index contributed by atoms with van der Waals surface area (Å²) in [6.45, 7) is 1.13. The molecule has 9 heteroatoms. The third-order valence-electron chi connectivity index (χ3n) is 7.50. The number of aromatic amines is 1. The average Bonchev–Trinajstić information content (AvgIpc) is 3.66. The number of H-pyrrole nitrogens is 1. The maximum atomic E-state index is 13.3. The summed E-state index contributed by atoms with van der Waals surface area (Å²) in [6.07, 6.45) is 5.27. The molecular weight excluding hydrogens is 514 g/mol. The van der Waals surface area contributed by atoms with Gasteiger partial charge in [0.2, 0.25) is 0 Å². The second kappa shape index (κ2) is 10.3. The molecule has 7 rings (SSSR count). The van der Waals surface area contributed by atoms with Crippen LogP contribution in [0.4, 0.5) is 0 Å². The molecule has 1 fully saturated rings. The Morgan fingerprint density at radius 1 is 0.829 bits per heavy atom. The van der Waals surface area contributed by atoms with Gasteiger partial charge in [0, 0.05) is 42.7 Å². The number of rotatable bonds is 5. The summed E-state index contributed by atoms with van der Waals surface area (Å²) in [5.74, 6) is 0.381. The van der Waals surface area contributed by atoms with Crippen molar-refractivity contribution in [1.82, 2.24) is 34.6 Å². The van der Waals surface area contributed by atoms with E-state index in [9.17, 15) is 9.59 Å². The number of hydrogen-bond donors (Lipinski definition) is 2. The van der Waals surface area contributed by atoms with E-state index in [0.29, 0.717) is 48.7 Å². The molecule has 1 aliphatic heterocycles. The van der Waals surface area contributed by atoms with Gasteiger partial charge in [0.05, 0.1) is 16.7 Å². The quantitative estimate of drug-likeness (QED) is 0.320. The zero-order valence-corrected chi connectivity index (χ0v) is 22.2. The number of para-hydroxylation sites is 2. The average molecular weight is 542 g/mol. The Morgan fingerprint density at radius 2 is 1.66 bits per heavy atom. The number of fused-ring (bicyclic) bond motifs is 2. The van der Waals surface area contributed by atoms with Gasteiger partial charge in [0.25, 0.3) is 11.8 Å². The third kappa shape index (κ3) is 4.93. The van der Waals surface area contributed by atoms with Gasteiger partial charge < -0.3 is 19.6 Å². The molecule has 1 aliphatic rings. The molecule has 1 saturated heterocycles. The lowest BCUT2D eigenvalue weighted by atomic mass is 10.0. The largest absolute Gasteiger partial charge is 0.348 e. The maximum Gasteiger partial charge on any atom is 0.270 e. The molecule has 5 heterocycles. The number of benzene rings is 2. The van der Waals surface area contributed by atoms with Crippen molar-refractivity contribution < 1.29 is 9.59 Å². The fourth-order valence-corrected chi connectivity index (χ4v) is 5.32. The van der Waals surface area contributed by atoms with Crippen molar-refractivity contribution in [3.05, 3.63) is 109 Å². The lowest BCUT2D eigenvalue weighted by Gasteiger charge is -2.32. The van der Waals surface area contributed by atoms with Crippen molar-refractivity contribution in [2.45, 2.75) is 18.9 Å². The normalized spacial score (nSPS) is 14.0. The van der Waals surface area contributed by atoms with Crippen LogP contribution in [0.5, 0.6) is 0 Å². The standard InChI is InChI=1S/C32H27N7O2/c40-31(27-12-6-11-26(34-27)30-36-24-9-1-2-10-25(24)37-30)33-23-14-17-38(18-15-23)32(41)22-8-5-7-21(19-22)28-20-39-16-4-3-13-29(39)35-28/h1-13,16,19-20,23H,14-15,17-18H2,(H,33,40)(H,36,37). The second-order valence-corrected chi connectivity index (χ2v) is 10.2. The lowest BCUT2D eigenvalue weighted by Crippen LogP contribution is -2.46. The zero-order valence-electron chi connectivity index (χ0n) is 22.2. The number of carbonyl (C=O) groups is 2. The molecule has 0 atom stereocenters. The van der Waals surface area contributed by atoms with E-state index in [1.807, 2.05) is 101 Å². The van der Waals surface area contributed by atoms with Gasteiger partial charge in [0.15, 0.2) is 5.82 Å². The molecule has 0 bridgehead atoms. The number of carbonyl (C=O) groups excluding carboxylic acids is 2. The van der Waals surface area contributed by atoms with Crippen molar-refractivity contribution in [3.8, 4) is 22.8 Å². The van der Waals surface area contributed by atoms with Crippen LogP contribution >= 0.6 is 0 Å². The van der Waals surface area contributed by atoms with Crippen LogP contribution < -0.4 is 5.32 Å². The first-order valence-corrected chi connectivity index (χ1v) is 13.7. The molecule has 2 aromatic carbocycles. The van der Waals surface area contributed by atoms with E-state index in [1.165, 1.54) is 0 Å².